The number of methoxy groups -OCH3 is 1. The van der Waals surface area contributed by atoms with Gasteiger partial charge < -0.3 is 25.6 Å². The Morgan fingerprint density at radius 2 is 1.84 bits per heavy atom. The van der Waals surface area contributed by atoms with Gasteiger partial charge in [-0.05, 0) is 24.6 Å². The third-order valence-electron chi connectivity index (χ3n) is 3.21. The summed E-state index contributed by atoms with van der Waals surface area (Å²) in [5.74, 6) is -1.86. The van der Waals surface area contributed by atoms with E-state index in [0.717, 1.165) is 5.56 Å². The third-order valence-corrected chi connectivity index (χ3v) is 3.21. The standard InChI is InChI=1S/C16H22N2O6.ClH/c1-3-24-11-6-4-10(5-7-11)8-13(16(22)23-2)18-15(21)12(17)9-14(19)20;/h4-7,12-13H,3,8-9,17H2,1-2H3,(H,18,21)(H,19,20);1H/t12-,13-;/m0./s1. The molecule has 0 fully saturated rings. The molecule has 1 amide bonds. The van der Waals surface area contributed by atoms with E-state index < -0.39 is 36.4 Å². The topological polar surface area (TPSA) is 128 Å². The Bertz CT molecular complexity index is 578. The molecule has 0 bridgehead atoms. The zero-order valence-electron chi connectivity index (χ0n) is 14.1. The van der Waals surface area contributed by atoms with Crippen LogP contribution in [0, 0.1) is 0 Å². The number of carboxylic acids is 1. The smallest absolute Gasteiger partial charge is 0.328 e. The summed E-state index contributed by atoms with van der Waals surface area (Å²) >= 11 is 0. The van der Waals surface area contributed by atoms with Crippen molar-refractivity contribution < 1.29 is 29.0 Å². The lowest BCUT2D eigenvalue weighted by Crippen LogP contribution is -2.50. The van der Waals surface area contributed by atoms with Crippen LogP contribution in [-0.2, 0) is 25.5 Å². The number of rotatable bonds is 9. The number of nitrogens with two attached hydrogens (primary N) is 1. The molecule has 0 saturated carbocycles. The number of carbonyl (C=O) groups excluding carboxylic acids is 2. The number of nitrogens with one attached hydrogen (secondary N) is 1. The number of hydrogen-bond acceptors (Lipinski definition) is 6. The van der Waals surface area contributed by atoms with Crippen molar-refractivity contribution in [3.63, 3.8) is 0 Å². The molecule has 1 rings (SSSR count). The second-order valence-corrected chi connectivity index (χ2v) is 5.07. The van der Waals surface area contributed by atoms with Gasteiger partial charge in [0.05, 0.1) is 26.2 Å². The minimum atomic E-state index is -1.24. The first-order valence-corrected chi connectivity index (χ1v) is 7.44. The first-order chi connectivity index (χ1) is 11.4. The fraction of sp³-hybridized carbons (Fsp3) is 0.438. The molecule has 0 aliphatic carbocycles. The van der Waals surface area contributed by atoms with Gasteiger partial charge in [0.15, 0.2) is 0 Å². The lowest BCUT2D eigenvalue weighted by atomic mass is 10.0. The van der Waals surface area contributed by atoms with Crippen molar-refractivity contribution in [1.29, 1.82) is 0 Å². The Labute approximate surface area is 152 Å². The summed E-state index contributed by atoms with van der Waals surface area (Å²) in [6.45, 7) is 2.42. The van der Waals surface area contributed by atoms with Crippen molar-refractivity contribution in [2.75, 3.05) is 13.7 Å². The van der Waals surface area contributed by atoms with Crippen molar-refractivity contribution in [3.8, 4) is 5.75 Å². The van der Waals surface area contributed by atoms with Crippen LogP contribution in [0.25, 0.3) is 0 Å². The summed E-state index contributed by atoms with van der Waals surface area (Å²) in [4.78, 5) is 34.4. The van der Waals surface area contributed by atoms with E-state index in [0.29, 0.717) is 12.4 Å². The molecule has 0 aliphatic rings. The van der Waals surface area contributed by atoms with Crippen LogP contribution in [0.3, 0.4) is 0 Å². The van der Waals surface area contributed by atoms with Crippen LogP contribution < -0.4 is 15.8 Å². The SMILES string of the molecule is CCOc1ccc(C[C@H](NC(=O)[C@@H](N)CC(=O)O)C(=O)OC)cc1.Cl. The van der Waals surface area contributed by atoms with Crippen molar-refractivity contribution in [3.05, 3.63) is 29.8 Å². The second kappa shape index (κ2) is 11.3. The fourth-order valence-corrected chi connectivity index (χ4v) is 2.02. The highest BCUT2D eigenvalue weighted by atomic mass is 35.5. The molecule has 2 atom stereocenters. The maximum absolute atomic E-state index is 11.9. The fourth-order valence-electron chi connectivity index (χ4n) is 2.02. The number of ether oxygens (including phenoxy) is 2. The van der Waals surface area contributed by atoms with E-state index in [1.807, 2.05) is 6.92 Å². The normalized spacial score (nSPS) is 12.3. The van der Waals surface area contributed by atoms with E-state index in [1.165, 1.54) is 7.11 Å². The first kappa shape index (κ1) is 22.7. The number of aliphatic carboxylic acids is 1. The highest BCUT2D eigenvalue weighted by Gasteiger charge is 2.25. The Morgan fingerprint density at radius 3 is 2.32 bits per heavy atom. The largest absolute Gasteiger partial charge is 0.494 e. The lowest BCUT2D eigenvalue weighted by Gasteiger charge is -2.19. The minimum Gasteiger partial charge on any atom is -0.494 e. The van der Waals surface area contributed by atoms with Crippen LogP contribution in [0.5, 0.6) is 5.75 Å². The number of carboxylic acid groups (broad SMARTS) is 1. The number of carbonyl (C=O) groups is 3. The molecule has 8 nitrogen and oxygen atoms in total. The van der Waals surface area contributed by atoms with E-state index in [4.69, 9.17) is 15.6 Å². The maximum atomic E-state index is 11.9. The number of hydrogen-bond donors (Lipinski definition) is 3. The molecule has 4 N–H and O–H groups in total. The van der Waals surface area contributed by atoms with Gasteiger partial charge in [-0.2, -0.15) is 0 Å². The molecule has 140 valence electrons. The summed E-state index contributed by atoms with van der Waals surface area (Å²) in [5.41, 5.74) is 6.27. The predicted molar refractivity (Wildman–Crippen MR) is 92.7 cm³/mol. The molecule has 25 heavy (non-hydrogen) atoms. The van der Waals surface area contributed by atoms with Crippen molar-refractivity contribution in [2.24, 2.45) is 5.73 Å². The maximum Gasteiger partial charge on any atom is 0.328 e. The van der Waals surface area contributed by atoms with Gasteiger partial charge in [-0.1, -0.05) is 12.1 Å². The molecule has 0 radical (unpaired) electrons. The van der Waals surface area contributed by atoms with Gasteiger partial charge >= 0.3 is 11.9 Å². The zero-order valence-corrected chi connectivity index (χ0v) is 14.9. The molecule has 1 aromatic carbocycles. The quantitative estimate of drug-likeness (QED) is 0.537. The molecule has 0 saturated heterocycles. The van der Waals surface area contributed by atoms with E-state index >= 15 is 0 Å². The minimum absolute atomic E-state index is 0. The van der Waals surface area contributed by atoms with Crippen molar-refractivity contribution in [1.82, 2.24) is 5.32 Å². The summed E-state index contributed by atoms with van der Waals surface area (Å²) in [5, 5.41) is 11.1. The van der Waals surface area contributed by atoms with Crippen LogP contribution >= 0.6 is 12.4 Å². The van der Waals surface area contributed by atoms with E-state index in [2.05, 4.69) is 10.1 Å². The molecule has 0 aliphatic heterocycles. The van der Waals surface area contributed by atoms with Gasteiger partial charge in [0.25, 0.3) is 0 Å². The van der Waals surface area contributed by atoms with Crippen LogP contribution in [0.2, 0.25) is 0 Å². The lowest BCUT2D eigenvalue weighted by molar-refractivity contribution is -0.145. The molecule has 0 unspecified atom stereocenters. The zero-order chi connectivity index (χ0) is 18.1. The number of amides is 1. The average Bonchev–Trinajstić information content (AvgIpc) is 2.54. The molecular weight excluding hydrogens is 352 g/mol. The average molecular weight is 375 g/mol. The predicted octanol–water partition coefficient (Wildman–Crippen LogP) is 0.509. The first-order valence-electron chi connectivity index (χ1n) is 7.44. The van der Waals surface area contributed by atoms with Crippen molar-refractivity contribution in [2.45, 2.75) is 31.8 Å². The molecular formula is C16H23ClN2O6. The van der Waals surface area contributed by atoms with E-state index in [-0.39, 0.29) is 18.8 Å². The van der Waals surface area contributed by atoms with E-state index in [1.54, 1.807) is 24.3 Å². The van der Waals surface area contributed by atoms with E-state index in [9.17, 15) is 14.4 Å². The number of esters is 1. The summed E-state index contributed by atoms with van der Waals surface area (Å²) in [7, 11) is 1.21. The van der Waals surface area contributed by atoms with Crippen LogP contribution in [0.4, 0.5) is 0 Å². The Hall–Kier alpha value is -2.32. The second-order valence-electron chi connectivity index (χ2n) is 5.07. The monoisotopic (exact) mass is 374 g/mol. The molecule has 0 aromatic heterocycles. The van der Waals surface area contributed by atoms with Gasteiger partial charge in [-0.3, -0.25) is 9.59 Å². The van der Waals surface area contributed by atoms with Crippen molar-refractivity contribution >= 4 is 30.3 Å². The van der Waals surface area contributed by atoms with Gasteiger partial charge in [-0.15, -0.1) is 12.4 Å². The molecule has 9 heteroatoms. The van der Waals surface area contributed by atoms with Crippen LogP contribution in [0.1, 0.15) is 18.9 Å². The summed E-state index contributed by atoms with van der Waals surface area (Å²) in [6, 6.07) is 4.85. The summed E-state index contributed by atoms with van der Waals surface area (Å²) in [6.07, 6.45) is -0.340. The molecule has 0 heterocycles. The van der Waals surface area contributed by atoms with Gasteiger partial charge in [0.2, 0.25) is 5.91 Å². The van der Waals surface area contributed by atoms with Gasteiger partial charge in [-0.25, -0.2) is 4.79 Å². The number of halogens is 1. The highest BCUT2D eigenvalue weighted by Crippen LogP contribution is 2.14. The Kier molecular flexibility index (Phi) is 10.2. The van der Waals surface area contributed by atoms with Gasteiger partial charge in [0, 0.05) is 6.42 Å². The van der Waals surface area contributed by atoms with Crippen LogP contribution in [-0.4, -0.2) is 48.8 Å². The molecule has 0 spiro atoms. The Balaban J connectivity index is 0.00000576. The molecule has 1 aromatic rings. The summed E-state index contributed by atoms with van der Waals surface area (Å²) < 4.78 is 10.0. The number of benzene rings is 1. The van der Waals surface area contributed by atoms with Gasteiger partial charge in [0.1, 0.15) is 11.8 Å². The highest BCUT2D eigenvalue weighted by molar-refractivity contribution is 5.89. The Morgan fingerprint density at radius 1 is 1.24 bits per heavy atom. The third kappa shape index (κ3) is 7.86. The van der Waals surface area contributed by atoms with Crippen LogP contribution in [0.15, 0.2) is 24.3 Å².